The van der Waals surface area contributed by atoms with E-state index in [0.717, 1.165) is 6.42 Å². The number of benzene rings is 2. The number of methoxy groups -OCH3 is 1. The number of aromatic hydroxyl groups is 1. The third kappa shape index (κ3) is 9.96. The van der Waals surface area contributed by atoms with Gasteiger partial charge in [0, 0.05) is 17.3 Å². The van der Waals surface area contributed by atoms with Gasteiger partial charge in [-0.25, -0.2) is 4.79 Å². The molecule has 4 atom stereocenters. The van der Waals surface area contributed by atoms with Crippen LogP contribution in [0.1, 0.15) is 86.3 Å². The van der Waals surface area contributed by atoms with Gasteiger partial charge in [-0.2, -0.15) is 0 Å². The second-order valence-electron chi connectivity index (χ2n) is 12.3. The van der Waals surface area contributed by atoms with Crippen LogP contribution in [0.4, 0.5) is 10.5 Å². The van der Waals surface area contributed by atoms with Crippen LogP contribution in [-0.2, 0) is 14.3 Å². The quantitative estimate of drug-likeness (QED) is 0.242. The fraction of sp³-hybridized carbons (Fsp3) is 0.545. The molecule has 0 fully saturated rings. The first kappa shape index (κ1) is 34.5. The molecule has 0 aromatic heterocycles. The molecule has 0 aliphatic carbocycles. The monoisotopic (exact) mass is 583 g/mol. The third-order valence-corrected chi connectivity index (χ3v) is 7.16. The first-order chi connectivity index (χ1) is 19.7. The van der Waals surface area contributed by atoms with E-state index in [9.17, 15) is 19.5 Å². The number of alkyl carbamates (subject to hydrolysis) is 1. The second-order valence-corrected chi connectivity index (χ2v) is 12.3. The Morgan fingerprint density at radius 2 is 1.57 bits per heavy atom. The lowest BCUT2D eigenvalue weighted by atomic mass is 9.93. The maximum absolute atomic E-state index is 14.6. The maximum Gasteiger partial charge on any atom is 0.408 e. The van der Waals surface area contributed by atoms with Crippen LogP contribution in [0.15, 0.2) is 48.5 Å². The van der Waals surface area contributed by atoms with Crippen molar-refractivity contribution in [3.8, 4) is 11.5 Å². The van der Waals surface area contributed by atoms with Crippen molar-refractivity contribution in [2.75, 3.05) is 12.4 Å². The highest BCUT2D eigenvalue weighted by Crippen LogP contribution is 2.34. The Labute approximate surface area is 251 Å². The molecule has 2 rings (SSSR count). The second kappa shape index (κ2) is 15.5. The minimum absolute atomic E-state index is 0.110. The summed E-state index contributed by atoms with van der Waals surface area (Å²) in [7, 11) is 1.56. The molecule has 0 spiro atoms. The van der Waals surface area contributed by atoms with Crippen molar-refractivity contribution >= 4 is 23.6 Å². The lowest BCUT2D eigenvalue weighted by Crippen LogP contribution is -2.57. The Hall–Kier alpha value is -3.75. The van der Waals surface area contributed by atoms with Gasteiger partial charge in [-0.3, -0.25) is 9.59 Å². The molecule has 4 unspecified atom stereocenters. The van der Waals surface area contributed by atoms with E-state index in [1.54, 1.807) is 70.3 Å². The minimum atomic E-state index is -1.19. The number of nitrogens with one attached hydrogen (secondary N) is 2. The Balaban J connectivity index is 2.65. The number of phenolic OH excluding ortho intramolecular Hbond substituents is 1. The zero-order valence-electron chi connectivity index (χ0n) is 26.6. The summed E-state index contributed by atoms with van der Waals surface area (Å²) < 4.78 is 10.7. The van der Waals surface area contributed by atoms with Gasteiger partial charge in [-0.05, 0) is 82.7 Å². The van der Waals surface area contributed by atoms with Crippen molar-refractivity contribution in [2.24, 2.45) is 11.8 Å². The number of amides is 3. The molecular weight excluding hydrogens is 534 g/mol. The van der Waals surface area contributed by atoms with Gasteiger partial charge >= 0.3 is 6.09 Å². The maximum atomic E-state index is 14.6. The molecule has 9 nitrogen and oxygen atoms in total. The average Bonchev–Trinajstić information content (AvgIpc) is 2.92. The summed E-state index contributed by atoms with van der Waals surface area (Å²) in [5.41, 5.74) is 0.0378. The summed E-state index contributed by atoms with van der Waals surface area (Å²) in [6, 6.07) is 10.8. The lowest BCUT2D eigenvalue weighted by molar-refractivity contribution is -0.144. The first-order valence-electron chi connectivity index (χ1n) is 14.7. The molecule has 232 valence electrons. The van der Waals surface area contributed by atoms with E-state index in [1.165, 1.54) is 11.0 Å². The van der Waals surface area contributed by atoms with Crippen LogP contribution in [0.5, 0.6) is 11.5 Å². The number of phenols is 1. The van der Waals surface area contributed by atoms with Crippen molar-refractivity contribution in [1.82, 2.24) is 10.2 Å². The van der Waals surface area contributed by atoms with E-state index in [4.69, 9.17) is 9.47 Å². The van der Waals surface area contributed by atoms with Crippen molar-refractivity contribution in [3.05, 3.63) is 54.1 Å². The van der Waals surface area contributed by atoms with Gasteiger partial charge in [0.05, 0.1) is 7.11 Å². The molecule has 3 amide bonds. The summed E-state index contributed by atoms with van der Waals surface area (Å²) in [5.74, 6) is -0.294. The zero-order chi connectivity index (χ0) is 31.6. The molecule has 2 aromatic rings. The number of nitrogens with zero attached hydrogens (tertiary/aromatic N) is 1. The number of rotatable bonds is 13. The highest BCUT2D eigenvalue weighted by molar-refractivity contribution is 5.99. The predicted molar refractivity (Wildman–Crippen MR) is 165 cm³/mol. The summed E-state index contributed by atoms with van der Waals surface area (Å²) in [4.78, 5) is 43.1. The molecule has 2 aromatic carbocycles. The third-order valence-electron chi connectivity index (χ3n) is 7.16. The Morgan fingerprint density at radius 3 is 2.10 bits per heavy atom. The van der Waals surface area contributed by atoms with Gasteiger partial charge in [-0.15, -0.1) is 0 Å². The highest BCUT2D eigenvalue weighted by Gasteiger charge is 2.41. The van der Waals surface area contributed by atoms with E-state index < -0.39 is 41.6 Å². The SMILES string of the molecule is CCC(C)C(NC(=O)OC(C)(C)C)C(=O)N(C(C)CCC(C)C)C(C(=O)Nc1ccc(OC)cc1)c1ccccc1O. The molecule has 9 heteroatoms. The lowest BCUT2D eigenvalue weighted by Gasteiger charge is -2.40. The number of hydrogen-bond donors (Lipinski definition) is 3. The first-order valence-corrected chi connectivity index (χ1v) is 14.7. The number of anilines is 1. The summed E-state index contributed by atoms with van der Waals surface area (Å²) >= 11 is 0. The minimum Gasteiger partial charge on any atom is -0.508 e. The number of carbonyl (C=O) groups is 3. The van der Waals surface area contributed by atoms with Crippen molar-refractivity contribution in [2.45, 2.75) is 98.4 Å². The number of para-hydroxylation sites is 1. The Bertz CT molecular complexity index is 1180. The highest BCUT2D eigenvalue weighted by atomic mass is 16.6. The standard InChI is InChI=1S/C33H49N3O6/c1-10-22(4)28(35-32(40)42-33(6,7)8)31(39)36(23(5)16-15-21(2)3)29(26-13-11-12-14-27(26)37)30(38)34-24-17-19-25(41-9)20-18-24/h11-14,17-23,28-29,37H,10,15-16H2,1-9H3,(H,34,38)(H,35,40). The number of hydrogen-bond acceptors (Lipinski definition) is 6. The van der Waals surface area contributed by atoms with Crippen LogP contribution in [-0.4, -0.2) is 52.7 Å². The molecule has 0 radical (unpaired) electrons. The van der Waals surface area contributed by atoms with Crippen LogP contribution in [0, 0.1) is 11.8 Å². The summed E-state index contributed by atoms with van der Waals surface area (Å²) in [5, 5.41) is 16.6. The topological polar surface area (TPSA) is 117 Å². The van der Waals surface area contributed by atoms with E-state index in [-0.39, 0.29) is 17.2 Å². The van der Waals surface area contributed by atoms with Gasteiger partial charge in [0.2, 0.25) is 5.91 Å². The molecule has 42 heavy (non-hydrogen) atoms. The zero-order valence-corrected chi connectivity index (χ0v) is 26.6. The van der Waals surface area contributed by atoms with Crippen LogP contribution in [0.3, 0.4) is 0 Å². The van der Waals surface area contributed by atoms with Crippen molar-refractivity contribution in [1.29, 1.82) is 0 Å². The smallest absolute Gasteiger partial charge is 0.408 e. The summed E-state index contributed by atoms with van der Waals surface area (Å²) in [6.07, 6.45) is 1.31. The molecular formula is C33H49N3O6. The van der Waals surface area contributed by atoms with Gasteiger partial charge in [0.25, 0.3) is 5.91 Å². The van der Waals surface area contributed by atoms with Crippen LogP contribution in [0.25, 0.3) is 0 Å². The van der Waals surface area contributed by atoms with E-state index >= 15 is 0 Å². The van der Waals surface area contributed by atoms with Gasteiger partial charge in [-0.1, -0.05) is 52.3 Å². The van der Waals surface area contributed by atoms with Crippen molar-refractivity contribution in [3.63, 3.8) is 0 Å². The molecule has 0 bridgehead atoms. The number of ether oxygens (including phenoxy) is 2. The Kier molecular flexibility index (Phi) is 12.7. The molecule has 0 saturated heterocycles. The van der Waals surface area contributed by atoms with Gasteiger partial charge in [0.1, 0.15) is 29.2 Å². The Morgan fingerprint density at radius 1 is 0.952 bits per heavy atom. The fourth-order valence-electron chi connectivity index (χ4n) is 4.61. The predicted octanol–water partition coefficient (Wildman–Crippen LogP) is 6.67. The molecule has 0 aliphatic rings. The summed E-state index contributed by atoms with van der Waals surface area (Å²) in [6.45, 7) is 15.2. The molecule has 0 saturated carbocycles. The number of carbonyl (C=O) groups excluding carboxylic acids is 3. The largest absolute Gasteiger partial charge is 0.508 e. The normalized spacial score (nSPS) is 14.3. The molecule has 0 aliphatic heterocycles. The molecule has 3 N–H and O–H groups in total. The average molecular weight is 584 g/mol. The van der Waals surface area contributed by atoms with Crippen molar-refractivity contribution < 1.29 is 29.0 Å². The van der Waals surface area contributed by atoms with Crippen LogP contribution >= 0.6 is 0 Å². The molecule has 0 heterocycles. The van der Waals surface area contributed by atoms with E-state index in [1.807, 2.05) is 20.8 Å². The van der Waals surface area contributed by atoms with Gasteiger partial charge in [0.15, 0.2) is 0 Å². The fourth-order valence-corrected chi connectivity index (χ4v) is 4.61. The van der Waals surface area contributed by atoms with E-state index in [0.29, 0.717) is 30.2 Å². The van der Waals surface area contributed by atoms with Crippen LogP contribution < -0.4 is 15.4 Å². The van der Waals surface area contributed by atoms with E-state index in [2.05, 4.69) is 24.5 Å². The van der Waals surface area contributed by atoms with Crippen LogP contribution in [0.2, 0.25) is 0 Å². The van der Waals surface area contributed by atoms with Gasteiger partial charge < -0.3 is 30.1 Å².